The van der Waals surface area contributed by atoms with Gasteiger partial charge in [-0.2, -0.15) is 5.10 Å². The second-order valence-corrected chi connectivity index (χ2v) is 7.56. The molecule has 9 heteroatoms. The lowest BCUT2D eigenvalue weighted by atomic mass is 9.91. The number of aromatic nitrogens is 4. The first-order chi connectivity index (χ1) is 11.6. The number of aromatic amines is 2. The van der Waals surface area contributed by atoms with Gasteiger partial charge >= 0.3 is 0 Å². The van der Waals surface area contributed by atoms with E-state index in [0.29, 0.717) is 4.70 Å². The van der Waals surface area contributed by atoms with E-state index in [4.69, 9.17) is 4.98 Å². The zero-order valence-electron chi connectivity index (χ0n) is 14.7. The van der Waals surface area contributed by atoms with Crippen LogP contribution in [0.5, 0.6) is 0 Å². The van der Waals surface area contributed by atoms with Crippen LogP contribution in [0.25, 0.3) is 20.7 Å². The second-order valence-electron chi connectivity index (χ2n) is 6.51. The van der Waals surface area contributed by atoms with Crippen LogP contribution in [0.4, 0.5) is 0 Å². The number of H-pyrrole nitrogens is 2. The standard InChI is InChI=1S/C17H21N5OS.2ClH/c1-3-5-17(6-4-7-18-17)16-20-12-8-13(11-9-19-22-10(11)2)24-14(12)15(23)21-16;;/h8-9,18H,3-7H2,1-2H3,(H,19,22)(H,20,21,23);2*1H. The fourth-order valence-electron chi connectivity index (χ4n) is 3.67. The van der Waals surface area contributed by atoms with Gasteiger partial charge in [-0.05, 0) is 38.8 Å². The Hall–Kier alpha value is -1.41. The van der Waals surface area contributed by atoms with Crippen LogP contribution in [0.1, 0.15) is 44.1 Å². The minimum Gasteiger partial charge on any atom is -0.308 e. The topological polar surface area (TPSA) is 86.5 Å². The highest BCUT2D eigenvalue weighted by Crippen LogP contribution is 2.36. The second kappa shape index (κ2) is 8.08. The lowest BCUT2D eigenvalue weighted by molar-refractivity contribution is 0.335. The normalized spacial score (nSPS) is 19.3. The molecule has 0 spiro atoms. The van der Waals surface area contributed by atoms with Crippen molar-refractivity contribution >= 4 is 46.4 Å². The number of halogens is 2. The summed E-state index contributed by atoms with van der Waals surface area (Å²) in [6, 6.07) is 2.01. The van der Waals surface area contributed by atoms with E-state index < -0.39 is 0 Å². The van der Waals surface area contributed by atoms with Gasteiger partial charge in [0.15, 0.2) is 0 Å². The van der Waals surface area contributed by atoms with Gasteiger partial charge in [0.2, 0.25) is 0 Å². The third-order valence-electron chi connectivity index (χ3n) is 4.85. The van der Waals surface area contributed by atoms with Gasteiger partial charge in [-0.3, -0.25) is 9.89 Å². The van der Waals surface area contributed by atoms with Gasteiger partial charge in [0.1, 0.15) is 10.5 Å². The van der Waals surface area contributed by atoms with Crippen molar-refractivity contribution in [2.24, 2.45) is 0 Å². The molecule has 26 heavy (non-hydrogen) atoms. The molecule has 4 rings (SSSR count). The maximum atomic E-state index is 12.6. The van der Waals surface area contributed by atoms with Crippen molar-refractivity contribution < 1.29 is 0 Å². The monoisotopic (exact) mass is 415 g/mol. The molecule has 0 aromatic carbocycles. The largest absolute Gasteiger partial charge is 0.308 e. The molecular weight excluding hydrogens is 393 g/mol. The van der Waals surface area contributed by atoms with Gasteiger partial charge in [-0.1, -0.05) is 13.3 Å². The van der Waals surface area contributed by atoms with Crippen LogP contribution in [0.15, 0.2) is 17.1 Å². The minimum absolute atomic E-state index is 0. The minimum atomic E-state index is -0.185. The Balaban J connectivity index is 0.00000121. The summed E-state index contributed by atoms with van der Waals surface area (Å²) < 4.78 is 0.680. The summed E-state index contributed by atoms with van der Waals surface area (Å²) in [6.45, 7) is 5.13. The predicted octanol–water partition coefficient (Wildman–Crippen LogP) is 3.91. The molecule has 1 saturated heterocycles. The molecule has 0 aliphatic carbocycles. The molecule has 0 bridgehead atoms. The Morgan fingerprint density at radius 2 is 2.15 bits per heavy atom. The Morgan fingerprint density at radius 1 is 1.35 bits per heavy atom. The van der Waals surface area contributed by atoms with Crippen molar-refractivity contribution in [2.45, 2.75) is 45.1 Å². The molecule has 0 amide bonds. The van der Waals surface area contributed by atoms with Crippen LogP contribution in [0.2, 0.25) is 0 Å². The molecule has 3 N–H and O–H groups in total. The number of fused-ring (bicyclic) bond motifs is 1. The van der Waals surface area contributed by atoms with Crippen LogP contribution < -0.4 is 10.9 Å². The summed E-state index contributed by atoms with van der Waals surface area (Å²) in [7, 11) is 0. The number of nitrogens with one attached hydrogen (secondary N) is 3. The number of aryl methyl sites for hydroxylation is 1. The van der Waals surface area contributed by atoms with E-state index in [9.17, 15) is 4.79 Å². The Labute approximate surface area is 168 Å². The van der Waals surface area contributed by atoms with E-state index in [1.54, 1.807) is 6.20 Å². The highest BCUT2D eigenvalue weighted by molar-refractivity contribution is 7.22. The molecule has 1 unspecified atom stereocenters. The van der Waals surface area contributed by atoms with E-state index in [-0.39, 0.29) is 35.9 Å². The zero-order valence-corrected chi connectivity index (χ0v) is 17.2. The van der Waals surface area contributed by atoms with Gasteiger partial charge in [0.05, 0.1) is 17.3 Å². The van der Waals surface area contributed by atoms with Crippen molar-refractivity contribution in [2.75, 3.05) is 6.54 Å². The summed E-state index contributed by atoms with van der Waals surface area (Å²) in [6.07, 6.45) is 5.97. The van der Waals surface area contributed by atoms with Crippen LogP contribution in [0.3, 0.4) is 0 Å². The molecule has 3 aromatic rings. The predicted molar refractivity (Wildman–Crippen MR) is 111 cm³/mol. The molecule has 142 valence electrons. The van der Waals surface area contributed by atoms with Gasteiger partial charge in [-0.25, -0.2) is 4.98 Å². The van der Waals surface area contributed by atoms with Crippen molar-refractivity contribution in [3.63, 3.8) is 0 Å². The lowest BCUT2D eigenvalue weighted by Gasteiger charge is -2.28. The van der Waals surface area contributed by atoms with Crippen LogP contribution in [-0.2, 0) is 5.54 Å². The number of hydrogen-bond donors (Lipinski definition) is 3. The Morgan fingerprint density at radius 3 is 2.77 bits per heavy atom. The molecule has 1 fully saturated rings. The first-order valence-electron chi connectivity index (χ1n) is 8.43. The summed E-state index contributed by atoms with van der Waals surface area (Å²) in [5.74, 6) is 0.785. The average Bonchev–Trinajstić information content (AvgIpc) is 3.26. The molecule has 3 aromatic heterocycles. The molecule has 0 saturated carbocycles. The summed E-state index contributed by atoms with van der Waals surface area (Å²) in [5.41, 5.74) is 2.57. The summed E-state index contributed by atoms with van der Waals surface area (Å²) in [4.78, 5) is 21.5. The van der Waals surface area contributed by atoms with E-state index in [2.05, 4.69) is 27.4 Å². The third-order valence-corrected chi connectivity index (χ3v) is 6.01. The number of rotatable bonds is 4. The summed E-state index contributed by atoms with van der Waals surface area (Å²) in [5, 5.41) is 10.6. The van der Waals surface area contributed by atoms with Gasteiger partial charge < -0.3 is 10.3 Å². The third kappa shape index (κ3) is 3.41. The van der Waals surface area contributed by atoms with Crippen molar-refractivity contribution in [1.82, 2.24) is 25.5 Å². The van der Waals surface area contributed by atoms with E-state index in [1.807, 2.05) is 13.0 Å². The van der Waals surface area contributed by atoms with E-state index in [0.717, 1.165) is 59.7 Å². The number of hydrogen-bond acceptors (Lipinski definition) is 5. The lowest BCUT2D eigenvalue weighted by Crippen LogP contribution is -2.39. The van der Waals surface area contributed by atoms with Gasteiger partial charge in [0, 0.05) is 16.1 Å². The number of thiophene rings is 1. The maximum absolute atomic E-state index is 12.6. The first kappa shape index (κ1) is 20.9. The van der Waals surface area contributed by atoms with Crippen LogP contribution >= 0.6 is 36.2 Å². The first-order valence-corrected chi connectivity index (χ1v) is 9.24. The van der Waals surface area contributed by atoms with E-state index in [1.165, 1.54) is 11.3 Å². The molecular formula is C17H23Cl2N5OS. The Bertz CT molecular complexity index is 942. The molecule has 6 nitrogen and oxygen atoms in total. The number of nitrogens with zero attached hydrogens (tertiary/aromatic N) is 2. The van der Waals surface area contributed by atoms with Crippen molar-refractivity contribution in [3.8, 4) is 10.4 Å². The average molecular weight is 416 g/mol. The molecule has 0 radical (unpaired) electrons. The van der Waals surface area contributed by atoms with Crippen molar-refractivity contribution in [1.29, 1.82) is 0 Å². The molecule has 1 aliphatic rings. The van der Waals surface area contributed by atoms with Crippen LogP contribution in [0, 0.1) is 6.92 Å². The van der Waals surface area contributed by atoms with Gasteiger partial charge in [0.25, 0.3) is 5.56 Å². The van der Waals surface area contributed by atoms with Crippen LogP contribution in [-0.4, -0.2) is 26.7 Å². The molecule has 1 atom stereocenters. The smallest absolute Gasteiger partial charge is 0.268 e. The fourth-order valence-corrected chi connectivity index (χ4v) is 4.72. The molecule has 4 heterocycles. The Kier molecular flexibility index (Phi) is 6.50. The summed E-state index contributed by atoms with van der Waals surface area (Å²) >= 11 is 1.47. The fraction of sp³-hybridized carbons (Fsp3) is 0.471. The van der Waals surface area contributed by atoms with Crippen molar-refractivity contribution in [3.05, 3.63) is 34.1 Å². The zero-order chi connectivity index (χ0) is 16.7. The maximum Gasteiger partial charge on any atom is 0.268 e. The van der Waals surface area contributed by atoms with E-state index >= 15 is 0 Å². The van der Waals surface area contributed by atoms with Gasteiger partial charge in [-0.15, -0.1) is 36.2 Å². The highest BCUT2D eigenvalue weighted by Gasteiger charge is 2.37. The highest BCUT2D eigenvalue weighted by atomic mass is 35.5. The quantitative estimate of drug-likeness (QED) is 0.602. The molecule has 1 aliphatic heterocycles. The SMILES string of the molecule is CCCC1(c2nc3cc(-c4cn[nH]c4C)sc3c(=O)[nH]2)CCCN1.Cl.Cl.